The number of hydrogen-bond acceptors (Lipinski definition) is 8. The molecule has 32 heavy (non-hydrogen) atoms. The number of carbonyl (C=O) groups excluding carboxylic acids is 2. The lowest BCUT2D eigenvalue weighted by Crippen LogP contribution is -2.19. The van der Waals surface area contributed by atoms with Gasteiger partial charge < -0.3 is 14.2 Å². The van der Waals surface area contributed by atoms with Crippen LogP contribution >= 0.6 is 23.4 Å². The van der Waals surface area contributed by atoms with E-state index < -0.39 is 11.9 Å². The Balaban J connectivity index is 1.70. The maximum Gasteiger partial charge on any atom is 0.331 e. The minimum absolute atomic E-state index is 0.187. The van der Waals surface area contributed by atoms with Crippen molar-refractivity contribution in [2.24, 2.45) is 10.2 Å². The normalized spacial score (nSPS) is 15.9. The molecule has 0 atom stereocenters. The molecular formula is C22H20ClN3O5S. The van der Waals surface area contributed by atoms with Crippen molar-refractivity contribution in [1.29, 1.82) is 0 Å². The third-order valence-corrected chi connectivity index (χ3v) is 5.42. The summed E-state index contributed by atoms with van der Waals surface area (Å²) in [6.07, 6.45) is 2.64. The largest absolute Gasteiger partial charge is 0.496 e. The molecule has 8 nitrogen and oxygen atoms in total. The van der Waals surface area contributed by atoms with E-state index in [0.717, 1.165) is 40.3 Å². The molecule has 0 aromatic heterocycles. The Bertz CT molecular complexity index is 1130. The van der Waals surface area contributed by atoms with Gasteiger partial charge in [0.2, 0.25) is 0 Å². The first-order valence-electron chi connectivity index (χ1n) is 9.35. The molecule has 1 amide bonds. The minimum Gasteiger partial charge on any atom is -0.496 e. The average molecular weight is 474 g/mol. The van der Waals surface area contributed by atoms with Gasteiger partial charge >= 0.3 is 5.97 Å². The number of ether oxygens (including phenoxy) is 3. The van der Waals surface area contributed by atoms with Crippen LogP contribution < -0.4 is 14.8 Å². The summed E-state index contributed by atoms with van der Waals surface area (Å²) < 4.78 is 15.9. The van der Waals surface area contributed by atoms with Crippen molar-refractivity contribution < 1.29 is 23.8 Å². The number of amidine groups is 1. The van der Waals surface area contributed by atoms with Crippen LogP contribution in [0.4, 0.5) is 0 Å². The first-order chi connectivity index (χ1) is 15.4. The molecule has 3 rings (SSSR count). The lowest BCUT2D eigenvalue weighted by molar-refractivity contribution is -0.135. The fraction of sp³-hybridized carbons (Fsp3) is 0.182. The summed E-state index contributed by atoms with van der Waals surface area (Å²) in [7, 11) is 2.83. The van der Waals surface area contributed by atoms with Crippen LogP contribution in [0.15, 0.2) is 57.6 Å². The number of aryl methyl sites for hydroxylation is 1. The summed E-state index contributed by atoms with van der Waals surface area (Å²) in [6, 6.07) is 10.9. The zero-order valence-electron chi connectivity index (χ0n) is 17.5. The first-order valence-corrected chi connectivity index (χ1v) is 10.5. The number of esters is 1. The maximum absolute atomic E-state index is 11.8. The molecule has 1 fully saturated rings. The van der Waals surface area contributed by atoms with Crippen molar-refractivity contribution in [2.45, 2.75) is 13.5 Å². The monoisotopic (exact) mass is 473 g/mol. The van der Waals surface area contributed by atoms with E-state index in [2.05, 4.69) is 20.3 Å². The molecule has 0 spiro atoms. The van der Waals surface area contributed by atoms with Crippen LogP contribution in [0.1, 0.15) is 16.7 Å². The van der Waals surface area contributed by atoms with E-state index in [-0.39, 0.29) is 16.7 Å². The summed E-state index contributed by atoms with van der Waals surface area (Å²) in [5.74, 6) is 0.355. The second-order valence-electron chi connectivity index (χ2n) is 6.51. The van der Waals surface area contributed by atoms with E-state index in [1.165, 1.54) is 13.3 Å². The van der Waals surface area contributed by atoms with Gasteiger partial charge in [-0.1, -0.05) is 11.6 Å². The van der Waals surface area contributed by atoms with Crippen LogP contribution in [0, 0.1) is 6.92 Å². The quantitative estimate of drug-likeness (QED) is 0.284. The van der Waals surface area contributed by atoms with Gasteiger partial charge in [0.15, 0.2) is 5.17 Å². The molecule has 0 saturated carbocycles. The fourth-order valence-corrected chi connectivity index (χ4v) is 3.68. The van der Waals surface area contributed by atoms with Crippen molar-refractivity contribution in [2.75, 3.05) is 14.2 Å². The predicted molar refractivity (Wildman–Crippen MR) is 124 cm³/mol. The molecule has 1 saturated heterocycles. The SMILES string of the molecule is COC(=O)/C=C1/S/C(=N\N=Cc2ccc(OC)c(COc3ccc(Cl)cc3C)c2)NC1=O. The number of benzene rings is 2. The van der Waals surface area contributed by atoms with Crippen LogP contribution in [0.2, 0.25) is 5.02 Å². The lowest BCUT2D eigenvalue weighted by atomic mass is 10.1. The van der Waals surface area contributed by atoms with Crippen LogP contribution in [-0.2, 0) is 20.9 Å². The highest BCUT2D eigenvalue weighted by molar-refractivity contribution is 8.18. The smallest absolute Gasteiger partial charge is 0.331 e. The number of methoxy groups -OCH3 is 2. The van der Waals surface area contributed by atoms with E-state index in [1.54, 1.807) is 13.2 Å². The average Bonchev–Trinajstić information content (AvgIpc) is 3.12. The number of rotatable bonds is 7. The van der Waals surface area contributed by atoms with Gasteiger partial charge in [0.25, 0.3) is 5.91 Å². The zero-order valence-corrected chi connectivity index (χ0v) is 19.1. The number of amides is 1. The molecule has 0 unspecified atom stereocenters. The summed E-state index contributed by atoms with van der Waals surface area (Å²) in [4.78, 5) is 23.3. The molecule has 2 aromatic carbocycles. The van der Waals surface area contributed by atoms with Gasteiger partial charge in [-0.15, -0.1) is 5.10 Å². The second kappa shape index (κ2) is 10.8. The number of thioether (sulfide) groups is 1. The topological polar surface area (TPSA) is 98.6 Å². The van der Waals surface area contributed by atoms with Crippen LogP contribution in [0.5, 0.6) is 11.5 Å². The summed E-state index contributed by atoms with van der Waals surface area (Å²) in [5.41, 5.74) is 2.52. The second-order valence-corrected chi connectivity index (χ2v) is 7.97. The molecule has 166 valence electrons. The molecule has 2 aromatic rings. The molecule has 1 heterocycles. The highest BCUT2D eigenvalue weighted by Gasteiger charge is 2.25. The highest BCUT2D eigenvalue weighted by atomic mass is 35.5. The Hall–Kier alpha value is -3.30. The van der Waals surface area contributed by atoms with E-state index in [4.69, 9.17) is 21.1 Å². The number of halogens is 1. The molecule has 0 bridgehead atoms. The van der Waals surface area contributed by atoms with Gasteiger partial charge in [0.1, 0.15) is 18.1 Å². The van der Waals surface area contributed by atoms with E-state index >= 15 is 0 Å². The molecule has 0 aliphatic carbocycles. The van der Waals surface area contributed by atoms with Crippen LogP contribution in [0.25, 0.3) is 0 Å². The molecule has 10 heteroatoms. The molecule has 1 N–H and O–H groups in total. The summed E-state index contributed by atoms with van der Waals surface area (Å²) in [6.45, 7) is 2.21. The van der Waals surface area contributed by atoms with Crippen molar-refractivity contribution in [3.05, 3.63) is 69.1 Å². The van der Waals surface area contributed by atoms with Crippen molar-refractivity contribution in [1.82, 2.24) is 5.32 Å². The maximum atomic E-state index is 11.8. The Morgan fingerprint density at radius 3 is 2.69 bits per heavy atom. The Morgan fingerprint density at radius 1 is 1.19 bits per heavy atom. The Morgan fingerprint density at radius 2 is 1.97 bits per heavy atom. The van der Waals surface area contributed by atoms with E-state index in [1.807, 2.05) is 37.3 Å². The third kappa shape index (κ3) is 6.12. The molecular weight excluding hydrogens is 454 g/mol. The molecule has 0 radical (unpaired) electrons. The van der Waals surface area contributed by atoms with Gasteiger partial charge in [-0.2, -0.15) is 5.10 Å². The number of nitrogens with one attached hydrogen (secondary N) is 1. The van der Waals surface area contributed by atoms with Crippen molar-refractivity contribution in [3.8, 4) is 11.5 Å². The lowest BCUT2D eigenvalue weighted by Gasteiger charge is -2.12. The predicted octanol–water partition coefficient (Wildman–Crippen LogP) is 3.85. The van der Waals surface area contributed by atoms with Crippen LogP contribution in [-0.4, -0.2) is 37.5 Å². The standard InChI is InChI=1S/C22H20ClN3O5S/c1-13-8-16(23)5-7-17(13)31-12-15-9-14(4-6-18(15)29-2)11-24-26-22-25-21(28)19(32-22)10-20(27)30-3/h4-11H,12H2,1-3H3,(H,25,26,28)/b19-10+,24-11?. The number of hydrogen-bond donors (Lipinski definition) is 1. The van der Waals surface area contributed by atoms with Crippen molar-refractivity contribution >= 4 is 46.6 Å². The van der Waals surface area contributed by atoms with Gasteiger partial charge in [0.05, 0.1) is 25.3 Å². The highest BCUT2D eigenvalue weighted by Crippen LogP contribution is 2.26. The number of carbonyl (C=O) groups is 2. The Kier molecular flexibility index (Phi) is 7.91. The van der Waals surface area contributed by atoms with E-state index in [0.29, 0.717) is 10.8 Å². The summed E-state index contributed by atoms with van der Waals surface area (Å²) in [5, 5.41) is 11.4. The van der Waals surface area contributed by atoms with Gasteiger partial charge in [-0.05, 0) is 66.2 Å². The fourth-order valence-electron chi connectivity index (χ4n) is 2.71. The van der Waals surface area contributed by atoms with E-state index in [9.17, 15) is 9.59 Å². The van der Waals surface area contributed by atoms with Gasteiger partial charge in [-0.3, -0.25) is 10.1 Å². The van der Waals surface area contributed by atoms with Gasteiger partial charge in [-0.25, -0.2) is 4.79 Å². The van der Waals surface area contributed by atoms with Gasteiger partial charge in [0, 0.05) is 16.7 Å². The zero-order chi connectivity index (χ0) is 23.1. The molecule has 1 aliphatic rings. The minimum atomic E-state index is -0.617. The summed E-state index contributed by atoms with van der Waals surface area (Å²) >= 11 is 7.00. The third-order valence-electron chi connectivity index (χ3n) is 4.28. The first kappa shape index (κ1) is 23.4. The van der Waals surface area contributed by atoms with Crippen molar-refractivity contribution in [3.63, 3.8) is 0 Å². The number of nitrogens with zero attached hydrogens (tertiary/aromatic N) is 2. The Labute approximate surface area is 194 Å². The van der Waals surface area contributed by atoms with Crippen LogP contribution in [0.3, 0.4) is 0 Å². The molecule has 1 aliphatic heterocycles.